The van der Waals surface area contributed by atoms with Gasteiger partial charge in [0.25, 0.3) is 0 Å². The summed E-state index contributed by atoms with van der Waals surface area (Å²) in [5, 5.41) is 7.06. The minimum Gasteiger partial charge on any atom is -0.488 e. The van der Waals surface area contributed by atoms with Crippen LogP contribution in [0.5, 0.6) is 5.75 Å². The van der Waals surface area contributed by atoms with Crippen molar-refractivity contribution in [2.45, 2.75) is 25.5 Å². The lowest BCUT2D eigenvalue weighted by Crippen LogP contribution is -2.38. The molecule has 1 fully saturated rings. The van der Waals surface area contributed by atoms with Gasteiger partial charge >= 0.3 is 11.8 Å². The summed E-state index contributed by atoms with van der Waals surface area (Å²) in [6, 6.07) is 14.8. The fourth-order valence-corrected chi connectivity index (χ4v) is 2.37. The van der Waals surface area contributed by atoms with Gasteiger partial charge in [0.1, 0.15) is 12.4 Å². The second kappa shape index (κ2) is 8.49. The number of hydrazone groups is 1. The topological polar surface area (TPSA) is 79.8 Å². The highest BCUT2D eigenvalue weighted by Crippen LogP contribution is 2.21. The number of amides is 2. The smallest absolute Gasteiger partial charge is 0.329 e. The summed E-state index contributed by atoms with van der Waals surface area (Å²) in [6.07, 6.45) is 3.26. The van der Waals surface area contributed by atoms with Gasteiger partial charge in [0.2, 0.25) is 0 Å². The number of rotatable bonds is 6. The van der Waals surface area contributed by atoms with E-state index in [0.29, 0.717) is 22.9 Å². The van der Waals surface area contributed by atoms with Gasteiger partial charge in [0, 0.05) is 22.2 Å². The molecule has 0 atom stereocenters. The molecule has 6 nitrogen and oxygen atoms in total. The molecule has 134 valence electrons. The Balaban J connectivity index is 1.58. The molecular weight excluding hydrogens is 354 g/mol. The van der Waals surface area contributed by atoms with Gasteiger partial charge in [0.05, 0.1) is 6.21 Å². The number of hydrogen-bond acceptors (Lipinski definition) is 4. The van der Waals surface area contributed by atoms with Crippen LogP contribution < -0.4 is 15.5 Å². The van der Waals surface area contributed by atoms with Crippen molar-refractivity contribution in [3.63, 3.8) is 0 Å². The second-order valence-corrected chi connectivity index (χ2v) is 6.27. The number of para-hydroxylation sites is 1. The Morgan fingerprint density at radius 1 is 1.12 bits per heavy atom. The van der Waals surface area contributed by atoms with Gasteiger partial charge in [-0.3, -0.25) is 9.59 Å². The van der Waals surface area contributed by atoms with Crippen LogP contribution in [0, 0.1) is 0 Å². The third-order valence-corrected chi connectivity index (χ3v) is 4.12. The Bertz CT molecular complexity index is 834. The SMILES string of the molecule is O=C(N/N=C\c1ccccc1OCc1ccccc1Cl)C(=O)NC1CC1. The Morgan fingerprint density at radius 3 is 2.62 bits per heavy atom. The lowest BCUT2D eigenvalue weighted by molar-refractivity contribution is -0.139. The molecule has 0 saturated heterocycles. The van der Waals surface area contributed by atoms with Gasteiger partial charge in [-0.25, -0.2) is 5.43 Å². The highest BCUT2D eigenvalue weighted by atomic mass is 35.5. The van der Waals surface area contributed by atoms with Gasteiger partial charge in [0.15, 0.2) is 0 Å². The summed E-state index contributed by atoms with van der Waals surface area (Å²) in [5.74, 6) is -0.872. The van der Waals surface area contributed by atoms with Gasteiger partial charge in [-0.1, -0.05) is 41.9 Å². The zero-order chi connectivity index (χ0) is 18.4. The van der Waals surface area contributed by atoms with Gasteiger partial charge in [-0.2, -0.15) is 5.10 Å². The van der Waals surface area contributed by atoms with Crippen LogP contribution in [-0.4, -0.2) is 24.1 Å². The van der Waals surface area contributed by atoms with Gasteiger partial charge in [-0.05, 0) is 31.0 Å². The molecule has 0 unspecified atom stereocenters. The molecule has 1 aliphatic carbocycles. The van der Waals surface area contributed by atoms with E-state index >= 15 is 0 Å². The third kappa shape index (κ3) is 5.07. The molecule has 26 heavy (non-hydrogen) atoms. The molecule has 2 aromatic rings. The van der Waals surface area contributed by atoms with Crippen molar-refractivity contribution in [3.05, 3.63) is 64.7 Å². The number of ether oxygens (including phenoxy) is 1. The molecule has 0 heterocycles. The van der Waals surface area contributed by atoms with Crippen LogP contribution in [0.15, 0.2) is 53.6 Å². The highest BCUT2D eigenvalue weighted by molar-refractivity contribution is 6.35. The van der Waals surface area contributed by atoms with E-state index in [1.54, 1.807) is 18.2 Å². The molecule has 7 heteroatoms. The van der Waals surface area contributed by atoms with Crippen LogP contribution in [0.3, 0.4) is 0 Å². The van der Waals surface area contributed by atoms with E-state index in [1.807, 2.05) is 30.3 Å². The van der Waals surface area contributed by atoms with Crippen molar-refractivity contribution >= 4 is 29.6 Å². The largest absolute Gasteiger partial charge is 0.488 e. The molecule has 2 N–H and O–H groups in total. The second-order valence-electron chi connectivity index (χ2n) is 5.86. The first-order chi connectivity index (χ1) is 12.6. The van der Waals surface area contributed by atoms with Crippen molar-refractivity contribution in [2.75, 3.05) is 0 Å². The fraction of sp³-hybridized carbons (Fsp3) is 0.211. The Morgan fingerprint density at radius 2 is 1.85 bits per heavy atom. The molecule has 0 aliphatic heterocycles. The summed E-state index contributed by atoms with van der Waals surface area (Å²) in [5.41, 5.74) is 3.75. The number of halogens is 1. The van der Waals surface area contributed by atoms with E-state index in [-0.39, 0.29) is 6.04 Å². The third-order valence-electron chi connectivity index (χ3n) is 3.75. The monoisotopic (exact) mass is 371 g/mol. The molecule has 1 saturated carbocycles. The van der Waals surface area contributed by atoms with E-state index in [2.05, 4.69) is 15.8 Å². The van der Waals surface area contributed by atoms with Crippen LogP contribution in [0.25, 0.3) is 0 Å². The van der Waals surface area contributed by atoms with Crippen LogP contribution in [0.1, 0.15) is 24.0 Å². The average Bonchev–Trinajstić information content (AvgIpc) is 3.46. The molecular formula is C19H18ClN3O3. The summed E-state index contributed by atoms with van der Waals surface area (Å²) in [6.45, 7) is 0.306. The molecule has 0 aromatic heterocycles. The van der Waals surface area contributed by atoms with E-state index < -0.39 is 11.8 Å². The van der Waals surface area contributed by atoms with Crippen molar-refractivity contribution in [3.8, 4) is 5.75 Å². The summed E-state index contributed by atoms with van der Waals surface area (Å²) < 4.78 is 5.80. The first kappa shape index (κ1) is 17.9. The lowest BCUT2D eigenvalue weighted by Gasteiger charge is -2.10. The summed E-state index contributed by atoms with van der Waals surface area (Å²) in [4.78, 5) is 23.2. The van der Waals surface area contributed by atoms with E-state index in [1.165, 1.54) is 6.21 Å². The molecule has 1 aliphatic rings. The molecule has 2 amide bonds. The quantitative estimate of drug-likeness (QED) is 0.465. The first-order valence-electron chi connectivity index (χ1n) is 8.22. The number of hydrogen-bond donors (Lipinski definition) is 2. The normalized spacial score (nSPS) is 13.4. The lowest BCUT2D eigenvalue weighted by atomic mass is 10.2. The first-order valence-corrected chi connectivity index (χ1v) is 8.60. The maximum atomic E-state index is 11.6. The minimum absolute atomic E-state index is 0.121. The summed E-state index contributed by atoms with van der Waals surface area (Å²) in [7, 11) is 0. The van der Waals surface area contributed by atoms with E-state index in [9.17, 15) is 9.59 Å². The van der Waals surface area contributed by atoms with Crippen LogP contribution in [0.4, 0.5) is 0 Å². The standard InChI is InChI=1S/C19H18ClN3O3/c20-16-7-3-1-6-14(16)12-26-17-8-4-2-5-13(17)11-21-23-19(25)18(24)22-15-9-10-15/h1-8,11,15H,9-10,12H2,(H,22,24)(H,23,25)/b21-11-. The molecule has 0 radical (unpaired) electrons. The maximum Gasteiger partial charge on any atom is 0.329 e. The van der Waals surface area contributed by atoms with Crippen LogP contribution >= 0.6 is 11.6 Å². The van der Waals surface area contributed by atoms with Gasteiger partial charge in [-0.15, -0.1) is 0 Å². The van der Waals surface area contributed by atoms with E-state index in [0.717, 1.165) is 18.4 Å². The van der Waals surface area contributed by atoms with E-state index in [4.69, 9.17) is 16.3 Å². The van der Waals surface area contributed by atoms with Crippen LogP contribution in [0.2, 0.25) is 5.02 Å². The van der Waals surface area contributed by atoms with Crippen molar-refractivity contribution in [2.24, 2.45) is 5.10 Å². The zero-order valence-electron chi connectivity index (χ0n) is 13.9. The molecule has 3 rings (SSSR count). The predicted molar refractivity (Wildman–Crippen MR) is 99.1 cm³/mol. The Labute approximate surface area is 156 Å². The number of nitrogens with one attached hydrogen (secondary N) is 2. The zero-order valence-corrected chi connectivity index (χ0v) is 14.7. The highest BCUT2D eigenvalue weighted by Gasteiger charge is 2.26. The van der Waals surface area contributed by atoms with Crippen molar-refractivity contribution in [1.82, 2.24) is 10.7 Å². The molecule has 0 spiro atoms. The number of nitrogens with zero attached hydrogens (tertiary/aromatic N) is 1. The van der Waals surface area contributed by atoms with Crippen molar-refractivity contribution < 1.29 is 14.3 Å². The number of benzene rings is 2. The molecule has 0 bridgehead atoms. The fourth-order valence-electron chi connectivity index (χ4n) is 2.18. The van der Waals surface area contributed by atoms with Crippen molar-refractivity contribution in [1.29, 1.82) is 0 Å². The predicted octanol–water partition coefficient (Wildman–Crippen LogP) is 2.65. The Hall–Kier alpha value is -2.86. The van der Waals surface area contributed by atoms with Gasteiger partial charge < -0.3 is 10.1 Å². The number of carbonyl (C=O) groups excluding carboxylic acids is 2. The molecule has 2 aromatic carbocycles. The summed E-state index contributed by atoms with van der Waals surface area (Å²) >= 11 is 6.13. The minimum atomic E-state index is -0.789. The maximum absolute atomic E-state index is 11.6. The Kier molecular flexibility index (Phi) is 5.86. The average molecular weight is 372 g/mol. The van der Waals surface area contributed by atoms with Crippen LogP contribution in [-0.2, 0) is 16.2 Å². The number of carbonyl (C=O) groups is 2.